The molecule has 0 aliphatic heterocycles. The Bertz CT molecular complexity index is 1440. The van der Waals surface area contributed by atoms with Crippen LogP contribution in [-0.2, 0) is 36.8 Å². The molecule has 1 aromatic heterocycles. The summed E-state index contributed by atoms with van der Waals surface area (Å²) in [5.41, 5.74) is 8.42. The van der Waals surface area contributed by atoms with E-state index in [9.17, 15) is 39.3 Å². The Kier molecular flexibility index (Phi) is 12.0. The third kappa shape index (κ3) is 9.75. The van der Waals surface area contributed by atoms with E-state index in [1.54, 1.807) is 12.5 Å². The summed E-state index contributed by atoms with van der Waals surface area (Å²) in [6.07, 6.45) is 2.85. The summed E-state index contributed by atoms with van der Waals surface area (Å²) in [5.74, 6) is -4.82. The van der Waals surface area contributed by atoms with Gasteiger partial charge >= 0.3 is 11.9 Å². The number of carboxylic acid groups (broad SMARTS) is 2. The Morgan fingerprint density at radius 2 is 1.49 bits per heavy atom. The zero-order valence-electron chi connectivity index (χ0n) is 23.4. The molecule has 13 nitrogen and oxygen atoms in total. The molecular weight excluding hydrogens is 578 g/mol. The second kappa shape index (κ2) is 15.6. The number of rotatable bonds is 16. The Balaban J connectivity index is 1.78. The highest BCUT2D eigenvalue weighted by atomic mass is 32.2. The molecule has 0 bridgehead atoms. The number of carbonyl (C=O) groups excluding carboxylic acids is 3. The number of para-hydroxylation sites is 1. The summed E-state index contributed by atoms with van der Waals surface area (Å²) >= 11 is 1.37. The second-order valence-electron chi connectivity index (χ2n) is 9.94. The van der Waals surface area contributed by atoms with E-state index in [0.29, 0.717) is 11.3 Å². The minimum Gasteiger partial charge on any atom is -0.508 e. The van der Waals surface area contributed by atoms with Gasteiger partial charge in [-0.05, 0) is 54.2 Å². The molecule has 0 radical (unpaired) electrons. The average Bonchev–Trinajstić information content (AvgIpc) is 3.37. The van der Waals surface area contributed by atoms with Crippen molar-refractivity contribution in [2.45, 2.75) is 49.9 Å². The van der Waals surface area contributed by atoms with Gasteiger partial charge in [0.2, 0.25) is 17.7 Å². The average molecular weight is 614 g/mol. The second-order valence-corrected chi connectivity index (χ2v) is 10.9. The summed E-state index contributed by atoms with van der Waals surface area (Å²) in [6, 6.07) is 8.11. The molecule has 3 aromatic rings. The van der Waals surface area contributed by atoms with Gasteiger partial charge in [-0.25, -0.2) is 4.79 Å². The number of fused-ring (bicyclic) bond motifs is 1. The number of nitrogens with one attached hydrogen (secondary N) is 4. The Labute approximate surface area is 251 Å². The molecule has 0 aliphatic rings. The van der Waals surface area contributed by atoms with Crippen molar-refractivity contribution in [1.29, 1.82) is 0 Å². The van der Waals surface area contributed by atoms with Crippen LogP contribution in [0.4, 0.5) is 0 Å². The molecule has 14 heteroatoms. The number of aromatic nitrogens is 1. The topological polar surface area (TPSA) is 224 Å². The number of benzene rings is 2. The van der Waals surface area contributed by atoms with Gasteiger partial charge in [-0.1, -0.05) is 30.3 Å². The fourth-order valence-corrected chi connectivity index (χ4v) is 4.88. The summed E-state index contributed by atoms with van der Waals surface area (Å²) in [7, 11) is 0. The summed E-state index contributed by atoms with van der Waals surface area (Å²) in [6.45, 7) is 0. The van der Waals surface area contributed by atoms with Crippen LogP contribution in [0.25, 0.3) is 10.9 Å². The van der Waals surface area contributed by atoms with Gasteiger partial charge in [0, 0.05) is 23.5 Å². The van der Waals surface area contributed by atoms with E-state index < -0.39 is 60.2 Å². The first-order chi connectivity index (χ1) is 20.5. The number of amides is 3. The van der Waals surface area contributed by atoms with E-state index in [-0.39, 0.29) is 25.0 Å². The van der Waals surface area contributed by atoms with Crippen LogP contribution in [0.2, 0.25) is 0 Å². The van der Waals surface area contributed by atoms with Crippen molar-refractivity contribution in [2.75, 3.05) is 12.0 Å². The SMILES string of the molecule is CSCCC(NC(=O)C(CC(=O)O)NC(=O)C(Cc1ccc(O)cc1)NC(=O)C(N)Cc1c[nH]c2ccccc12)C(=O)O. The van der Waals surface area contributed by atoms with E-state index in [4.69, 9.17) is 5.73 Å². The lowest BCUT2D eigenvalue weighted by atomic mass is 10.0. The van der Waals surface area contributed by atoms with Crippen LogP contribution in [0.15, 0.2) is 54.7 Å². The quantitative estimate of drug-likeness (QED) is 0.113. The first-order valence-corrected chi connectivity index (χ1v) is 14.8. The highest BCUT2D eigenvalue weighted by Crippen LogP contribution is 2.19. The van der Waals surface area contributed by atoms with Crippen LogP contribution in [-0.4, -0.2) is 86.1 Å². The molecule has 1 heterocycles. The molecule has 9 N–H and O–H groups in total. The molecule has 0 saturated carbocycles. The number of aliphatic carboxylic acids is 2. The van der Waals surface area contributed by atoms with Crippen LogP contribution in [0.3, 0.4) is 0 Å². The number of phenolic OH excluding ortho intramolecular Hbond substituents is 1. The molecule has 3 amide bonds. The van der Waals surface area contributed by atoms with Crippen molar-refractivity contribution in [3.63, 3.8) is 0 Å². The number of phenols is 1. The maximum atomic E-state index is 13.4. The van der Waals surface area contributed by atoms with Gasteiger partial charge in [-0.2, -0.15) is 11.8 Å². The third-order valence-electron chi connectivity index (χ3n) is 6.70. The minimum atomic E-state index is -1.62. The lowest BCUT2D eigenvalue weighted by molar-refractivity contribution is -0.143. The first-order valence-electron chi connectivity index (χ1n) is 13.4. The molecule has 0 fully saturated rings. The molecule has 4 atom stereocenters. The van der Waals surface area contributed by atoms with Gasteiger partial charge in [0.05, 0.1) is 12.5 Å². The molecular formula is C29H35N5O8S. The van der Waals surface area contributed by atoms with Gasteiger partial charge in [0.15, 0.2) is 0 Å². The van der Waals surface area contributed by atoms with Crippen molar-refractivity contribution in [3.8, 4) is 5.75 Å². The van der Waals surface area contributed by atoms with Crippen LogP contribution in [0.5, 0.6) is 5.75 Å². The number of carbonyl (C=O) groups is 5. The number of carboxylic acids is 2. The lowest BCUT2D eigenvalue weighted by Gasteiger charge is -2.25. The molecule has 0 spiro atoms. The van der Waals surface area contributed by atoms with Crippen LogP contribution in [0, 0.1) is 0 Å². The maximum absolute atomic E-state index is 13.4. The normalized spacial score (nSPS) is 13.8. The van der Waals surface area contributed by atoms with E-state index >= 15 is 0 Å². The maximum Gasteiger partial charge on any atom is 0.326 e. The van der Waals surface area contributed by atoms with E-state index in [2.05, 4.69) is 20.9 Å². The first kappa shape index (κ1) is 32.9. The van der Waals surface area contributed by atoms with Crippen molar-refractivity contribution in [2.24, 2.45) is 5.73 Å². The van der Waals surface area contributed by atoms with Crippen molar-refractivity contribution in [1.82, 2.24) is 20.9 Å². The summed E-state index contributed by atoms with van der Waals surface area (Å²) in [5, 5.41) is 36.6. The summed E-state index contributed by atoms with van der Waals surface area (Å²) < 4.78 is 0. The number of aromatic amines is 1. The third-order valence-corrected chi connectivity index (χ3v) is 7.34. The number of aromatic hydroxyl groups is 1. The smallest absolute Gasteiger partial charge is 0.326 e. The molecule has 3 rings (SSSR count). The van der Waals surface area contributed by atoms with Gasteiger partial charge < -0.3 is 42.0 Å². The van der Waals surface area contributed by atoms with E-state index in [1.807, 2.05) is 24.3 Å². The highest BCUT2D eigenvalue weighted by molar-refractivity contribution is 7.98. The van der Waals surface area contributed by atoms with Gasteiger partial charge in [-0.15, -0.1) is 0 Å². The monoisotopic (exact) mass is 613 g/mol. The van der Waals surface area contributed by atoms with Crippen molar-refractivity contribution in [3.05, 3.63) is 65.9 Å². The summed E-state index contributed by atoms with van der Waals surface area (Å²) in [4.78, 5) is 65.8. The number of hydrogen-bond acceptors (Lipinski definition) is 8. The van der Waals surface area contributed by atoms with Gasteiger partial charge in [0.25, 0.3) is 0 Å². The fraction of sp³-hybridized carbons (Fsp3) is 0.345. The van der Waals surface area contributed by atoms with Crippen LogP contribution >= 0.6 is 11.8 Å². The predicted molar refractivity (Wildman–Crippen MR) is 160 cm³/mol. The minimum absolute atomic E-state index is 0.0119. The number of H-pyrrole nitrogens is 1. The molecule has 43 heavy (non-hydrogen) atoms. The zero-order valence-corrected chi connectivity index (χ0v) is 24.2. The fourth-order valence-electron chi connectivity index (χ4n) is 4.41. The number of nitrogens with two attached hydrogens (primary N) is 1. The largest absolute Gasteiger partial charge is 0.508 e. The molecule has 4 unspecified atom stereocenters. The molecule has 0 aliphatic carbocycles. The van der Waals surface area contributed by atoms with Crippen molar-refractivity contribution < 1.29 is 39.3 Å². The molecule has 2 aromatic carbocycles. The highest BCUT2D eigenvalue weighted by Gasteiger charge is 2.32. The van der Waals surface area contributed by atoms with Gasteiger partial charge in [-0.3, -0.25) is 19.2 Å². The standard InChI is InChI=1S/C29H35N5O8S/c1-43-11-10-22(29(41)42)32-28(40)24(14-25(36)37)34-27(39)23(12-16-6-8-18(35)9-7-16)33-26(38)20(30)13-17-15-31-21-5-3-2-4-19(17)21/h2-9,15,20,22-24,31,35H,10-14,30H2,1H3,(H,32,40)(H,33,38)(H,34,39)(H,36,37)(H,41,42). The molecule has 0 saturated heterocycles. The van der Waals surface area contributed by atoms with Crippen LogP contribution < -0.4 is 21.7 Å². The Morgan fingerprint density at radius 1 is 0.860 bits per heavy atom. The van der Waals surface area contributed by atoms with Gasteiger partial charge in [0.1, 0.15) is 23.9 Å². The Morgan fingerprint density at radius 3 is 2.14 bits per heavy atom. The van der Waals surface area contributed by atoms with Crippen molar-refractivity contribution >= 4 is 52.3 Å². The zero-order chi connectivity index (χ0) is 31.5. The number of thioether (sulfide) groups is 1. The Hall–Kier alpha value is -4.56. The number of hydrogen-bond donors (Lipinski definition) is 8. The van der Waals surface area contributed by atoms with Crippen LogP contribution in [0.1, 0.15) is 24.0 Å². The van der Waals surface area contributed by atoms with E-state index in [0.717, 1.165) is 16.5 Å². The predicted octanol–water partition coefficient (Wildman–Crippen LogP) is 0.753. The molecule has 230 valence electrons. The lowest BCUT2D eigenvalue weighted by Crippen LogP contribution is -2.58. The van der Waals surface area contributed by atoms with E-state index in [1.165, 1.54) is 36.0 Å².